The van der Waals surface area contributed by atoms with Crippen LogP contribution in [0.4, 0.5) is 8.78 Å². The Balaban J connectivity index is 2.02. The van der Waals surface area contributed by atoms with E-state index in [1.54, 1.807) is 11.2 Å². The van der Waals surface area contributed by atoms with Gasteiger partial charge in [-0.3, -0.25) is 4.79 Å². The van der Waals surface area contributed by atoms with Crippen molar-refractivity contribution >= 4 is 5.91 Å². The number of aromatic amines is 1. The molecule has 1 heterocycles. The van der Waals surface area contributed by atoms with Crippen LogP contribution < -0.4 is 0 Å². The molecule has 25 heavy (non-hydrogen) atoms. The van der Waals surface area contributed by atoms with Gasteiger partial charge in [-0.1, -0.05) is 6.07 Å². The minimum atomic E-state index is -0.616. The van der Waals surface area contributed by atoms with E-state index >= 15 is 0 Å². The van der Waals surface area contributed by atoms with E-state index in [1.807, 2.05) is 25.9 Å². The molecule has 136 valence electrons. The molecule has 7 heteroatoms. The highest BCUT2D eigenvalue weighted by Crippen LogP contribution is 2.14. The first-order valence-electron chi connectivity index (χ1n) is 8.22. The summed E-state index contributed by atoms with van der Waals surface area (Å²) in [7, 11) is 3.88. The van der Waals surface area contributed by atoms with Crippen LogP contribution in [0.15, 0.2) is 24.5 Å². The second kappa shape index (κ2) is 8.71. The molecule has 1 aromatic carbocycles. The molecule has 0 radical (unpaired) electrons. The molecule has 0 aliphatic carbocycles. The summed E-state index contributed by atoms with van der Waals surface area (Å²) in [4.78, 5) is 23.6. The molecular weight excluding hydrogens is 326 g/mol. The molecule has 2 aromatic rings. The van der Waals surface area contributed by atoms with Crippen molar-refractivity contribution in [1.82, 2.24) is 19.8 Å². The molecule has 0 atom stereocenters. The first-order valence-corrected chi connectivity index (χ1v) is 8.22. The maximum Gasteiger partial charge on any atom is 0.223 e. The number of hydrogen-bond donors (Lipinski definition) is 1. The zero-order chi connectivity index (χ0) is 18.4. The van der Waals surface area contributed by atoms with Crippen molar-refractivity contribution in [3.63, 3.8) is 0 Å². The van der Waals surface area contributed by atoms with Gasteiger partial charge in [0.15, 0.2) is 0 Å². The predicted octanol–water partition coefficient (Wildman–Crippen LogP) is 2.52. The van der Waals surface area contributed by atoms with E-state index in [0.717, 1.165) is 24.0 Å². The molecule has 0 spiro atoms. The maximum atomic E-state index is 13.7. The van der Waals surface area contributed by atoms with E-state index in [9.17, 15) is 13.6 Å². The number of nitrogens with zero attached hydrogens (tertiary/aromatic N) is 3. The summed E-state index contributed by atoms with van der Waals surface area (Å²) in [5, 5.41) is 0. The summed E-state index contributed by atoms with van der Waals surface area (Å²) >= 11 is 0. The maximum absolute atomic E-state index is 13.7. The number of nitrogens with one attached hydrogen (secondary N) is 1. The number of rotatable bonds is 8. The Morgan fingerprint density at radius 2 is 2.00 bits per heavy atom. The molecule has 0 aliphatic rings. The first-order chi connectivity index (χ1) is 11.9. The van der Waals surface area contributed by atoms with Crippen LogP contribution in [0.3, 0.4) is 0 Å². The Morgan fingerprint density at radius 3 is 2.60 bits per heavy atom. The lowest BCUT2D eigenvalue weighted by Crippen LogP contribution is -2.36. The summed E-state index contributed by atoms with van der Waals surface area (Å²) < 4.78 is 26.7. The van der Waals surface area contributed by atoms with Crippen molar-refractivity contribution in [2.24, 2.45) is 0 Å². The molecule has 1 N–H and O–H groups in total. The van der Waals surface area contributed by atoms with Gasteiger partial charge in [0, 0.05) is 31.3 Å². The van der Waals surface area contributed by atoms with Gasteiger partial charge in [-0.05, 0) is 39.1 Å². The van der Waals surface area contributed by atoms with E-state index in [2.05, 4.69) is 9.97 Å². The van der Waals surface area contributed by atoms with Gasteiger partial charge in [-0.15, -0.1) is 0 Å². The Labute approximate surface area is 146 Å². The highest BCUT2D eigenvalue weighted by molar-refractivity contribution is 5.76. The van der Waals surface area contributed by atoms with Gasteiger partial charge < -0.3 is 14.8 Å². The largest absolute Gasteiger partial charge is 0.348 e. The number of aryl methyl sites for hydroxylation is 2. The van der Waals surface area contributed by atoms with Crippen LogP contribution in [-0.2, 0) is 17.8 Å². The second-order valence-electron chi connectivity index (χ2n) is 6.33. The minimum Gasteiger partial charge on any atom is -0.348 e. The monoisotopic (exact) mass is 350 g/mol. The summed E-state index contributed by atoms with van der Waals surface area (Å²) in [5.41, 5.74) is 2.09. The Hall–Kier alpha value is -2.28. The van der Waals surface area contributed by atoms with Crippen molar-refractivity contribution in [2.75, 3.05) is 27.2 Å². The molecule has 5 nitrogen and oxygen atoms in total. The Kier molecular flexibility index (Phi) is 6.64. The van der Waals surface area contributed by atoms with E-state index < -0.39 is 11.6 Å². The number of likely N-dealkylation sites (N-methyl/N-ethyl adjacent to an activating group) is 1. The highest BCUT2D eigenvalue weighted by atomic mass is 19.1. The number of amides is 1. The zero-order valence-corrected chi connectivity index (χ0v) is 14.9. The number of carbonyl (C=O) groups excluding carboxylic acids is 1. The van der Waals surface area contributed by atoms with Crippen LogP contribution in [0.25, 0.3) is 0 Å². The number of aromatic nitrogens is 2. The van der Waals surface area contributed by atoms with E-state index in [4.69, 9.17) is 0 Å². The molecule has 2 rings (SSSR count). The summed E-state index contributed by atoms with van der Waals surface area (Å²) in [6, 6.07) is 3.44. The SMILES string of the molecule is Cc1[nH]cnc1CN(CCN(C)C)C(=O)CCc1ccc(F)cc1F. The molecule has 1 amide bonds. The van der Waals surface area contributed by atoms with Gasteiger partial charge in [0.1, 0.15) is 11.6 Å². The molecule has 0 saturated carbocycles. The quantitative estimate of drug-likeness (QED) is 0.796. The van der Waals surface area contributed by atoms with Crippen molar-refractivity contribution in [1.29, 1.82) is 0 Å². The van der Waals surface area contributed by atoms with Crippen LogP contribution in [-0.4, -0.2) is 52.9 Å². The molecular formula is C18H24F2N4O. The predicted molar refractivity (Wildman–Crippen MR) is 92.0 cm³/mol. The number of hydrogen-bond acceptors (Lipinski definition) is 3. The molecule has 0 fully saturated rings. The number of halogens is 2. The third kappa shape index (κ3) is 5.63. The number of carbonyl (C=O) groups is 1. The lowest BCUT2D eigenvalue weighted by molar-refractivity contribution is -0.132. The lowest BCUT2D eigenvalue weighted by Gasteiger charge is -2.24. The van der Waals surface area contributed by atoms with Gasteiger partial charge in [0.05, 0.1) is 18.6 Å². The van der Waals surface area contributed by atoms with Crippen LogP contribution in [0, 0.1) is 18.6 Å². The number of benzene rings is 1. The van der Waals surface area contributed by atoms with Crippen LogP contribution >= 0.6 is 0 Å². The number of H-pyrrole nitrogens is 1. The summed E-state index contributed by atoms with van der Waals surface area (Å²) in [6.07, 6.45) is 2.01. The smallest absolute Gasteiger partial charge is 0.223 e. The zero-order valence-electron chi connectivity index (χ0n) is 14.9. The van der Waals surface area contributed by atoms with Crippen LogP contribution in [0.1, 0.15) is 23.4 Å². The van der Waals surface area contributed by atoms with Gasteiger partial charge >= 0.3 is 0 Å². The van der Waals surface area contributed by atoms with Gasteiger partial charge in [-0.2, -0.15) is 0 Å². The highest BCUT2D eigenvalue weighted by Gasteiger charge is 2.17. The first kappa shape index (κ1) is 19.1. The molecule has 1 aromatic heterocycles. The summed E-state index contributed by atoms with van der Waals surface area (Å²) in [5.74, 6) is -1.31. The fourth-order valence-corrected chi connectivity index (χ4v) is 2.46. The van der Waals surface area contributed by atoms with Crippen molar-refractivity contribution in [3.05, 3.63) is 53.1 Å². The van der Waals surface area contributed by atoms with E-state index in [0.29, 0.717) is 18.7 Å². The van der Waals surface area contributed by atoms with Crippen molar-refractivity contribution in [2.45, 2.75) is 26.3 Å². The summed E-state index contributed by atoms with van der Waals surface area (Å²) in [6.45, 7) is 3.60. The van der Waals surface area contributed by atoms with E-state index in [1.165, 1.54) is 12.1 Å². The lowest BCUT2D eigenvalue weighted by atomic mass is 10.1. The third-order valence-electron chi connectivity index (χ3n) is 4.07. The Morgan fingerprint density at radius 1 is 1.24 bits per heavy atom. The number of imidazole rings is 1. The Bertz CT molecular complexity index is 715. The van der Waals surface area contributed by atoms with Crippen molar-refractivity contribution < 1.29 is 13.6 Å². The average molecular weight is 350 g/mol. The third-order valence-corrected chi connectivity index (χ3v) is 4.07. The van der Waals surface area contributed by atoms with E-state index in [-0.39, 0.29) is 18.7 Å². The van der Waals surface area contributed by atoms with Gasteiger partial charge in [0.25, 0.3) is 0 Å². The van der Waals surface area contributed by atoms with Gasteiger partial charge in [-0.25, -0.2) is 13.8 Å². The van der Waals surface area contributed by atoms with Crippen molar-refractivity contribution in [3.8, 4) is 0 Å². The second-order valence-corrected chi connectivity index (χ2v) is 6.33. The molecule has 0 aliphatic heterocycles. The molecule has 0 saturated heterocycles. The van der Waals surface area contributed by atoms with Crippen LogP contribution in [0.5, 0.6) is 0 Å². The van der Waals surface area contributed by atoms with Gasteiger partial charge in [0.2, 0.25) is 5.91 Å². The molecule has 0 bridgehead atoms. The average Bonchev–Trinajstić information content (AvgIpc) is 2.95. The molecule has 0 unspecified atom stereocenters. The normalized spacial score (nSPS) is 11.1. The fraction of sp³-hybridized carbons (Fsp3) is 0.444. The minimum absolute atomic E-state index is 0.0759. The standard InChI is InChI=1S/C18H24F2N4O/c1-13-17(22-12-21-13)11-24(9-8-23(2)3)18(25)7-5-14-4-6-15(19)10-16(14)20/h4,6,10,12H,5,7-9,11H2,1-3H3,(H,21,22). The van der Waals surface area contributed by atoms with Crippen LogP contribution in [0.2, 0.25) is 0 Å². The topological polar surface area (TPSA) is 52.2 Å². The fourth-order valence-electron chi connectivity index (χ4n) is 2.46.